The minimum absolute atomic E-state index is 0.00486. The lowest BCUT2D eigenvalue weighted by atomic mass is 9.44. The van der Waals surface area contributed by atoms with Gasteiger partial charge in [-0.2, -0.15) is 0 Å². The summed E-state index contributed by atoms with van der Waals surface area (Å²) in [5.41, 5.74) is 1.17. The van der Waals surface area contributed by atoms with Crippen molar-refractivity contribution in [3.63, 3.8) is 0 Å². The summed E-state index contributed by atoms with van der Waals surface area (Å²) in [5, 5.41) is 10.2. The van der Waals surface area contributed by atoms with Gasteiger partial charge in [0, 0.05) is 0 Å². The first-order valence-corrected chi connectivity index (χ1v) is 11.1. The molecule has 0 radical (unpaired) electrons. The van der Waals surface area contributed by atoms with Gasteiger partial charge >= 0.3 is 0 Å². The first kappa shape index (κ1) is 17.4. The Morgan fingerprint density at radius 3 is 2.38 bits per heavy atom. The van der Waals surface area contributed by atoms with Crippen LogP contribution in [0.4, 0.5) is 0 Å². The number of aliphatic hydroxyl groups is 1. The van der Waals surface area contributed by atoms with Crippen LogP contribution in [0.5, 0.6) is 0 Å². The summed E-state index contributed by atoms with van der Waals surface area (Å²) >= 11 is 0. The van der Waals surface area contributed by atoms with Gasteiger partial charge < -0.3 is 5.11 Å². The topological polar surface area (TPSA) is 20.2 Å². The zero-order valence-corrected chi connectivity index (χ0v) is 16.6. The molecular formula is C23H40O. The summed E-state index contributed by atoms with van der Waals surface area (Å²) in [6.07, 6.45) is 13.6. The summed E-state index contributed by atoms with van der Waals surface area (Å²) < 4.78 is 0. The van der Waals surface area contributed by atoms with Gasteiger partial charge in [-0.3, -0.25) is 0 Å². The zero-order valence-electron chi connectivity index (χ0n) is 16.6. The molecule has 0 saturated heterocycles. The normalized spacial score (nSPS) is 55.4. The van der Waals surface area contributed by atoms with Crippen LogP contribution in [-0.4, -0.2) is 11.2 Å². The van der Waals surface area contributed by atoms with E-state index in [-0.39, 0.29) is 6.10 Å². The van der Waals surface area contributed by atoms with Crippen molar-refractivity contribution in [2.45, 2.75) is 98.0 Å². The monoisotopic (exact) mass is 332 g/mol. The lowest BCUT2D eigenvalue weighted by molar-refractivity contribution is -0.129. The second-order valence-electron chi connectivity index (χ2n) is 10.7. The Balaban J connectivity index is 1.59. The van der Waals surface area contributed by atoms with Gasteiger partial charge in [0.1, 0.15) is 0 Å². The number of hydrogen-bond donors (Lipinski definition) is 1. The molecule has 1 nitrogen and oxygen atoms in total. The molecule has 4 fully saturated rings. The van der Waals surface area contributed by atoms with Crippen LogP contribution in [-0.2, 0) is 0 Å². The molecule has 9 atom stereocenters. The lowest BCUT2D eigenvalue weighted by Crippen LogP contribution is -2.54. The summed E-state index contributed by atoms with van der Waals surface area (Å²) in [6, 6.07) is 0. The Bertz CT molecular complexity index is 473. The van der Waals surface area contributed by atoms with E-state index >= 15 is 0 Å². The molecule has 0 amide bonds. The summed E-state index contributed by atoms with van der Waals surface area (Å²) in [6.45, 7) is 10.2. The molecule has 138 valence electrons. The smallest absolute Gasteiger partial charge is 0.0543 e. The fourth-order valence-corrected chi connectivity index (χ4v) is 8.50. The molecule has 0 spiro atoms. The van der Waals surface area contributed by atoms with Crippen LogP contribution >= 0.6 is 0 Å². The molecule has 0 aromatic heterocycles. The SMILES string of the molecule is CC[C@@H](C)C1CC[C@H]2[C@@H]3CC[C@@H]4C[C@@H](O)CC[C@]4(C)[C@H]3CC[C@]12C. The van der Waals surface area contributed by atoms with Crippen LogP contribution in [0.3, 0.4) is 0 Å². The maximum Gasteiger partial charge on any atom is 0.0543 e. The molecule has 0 aliphatic heterocycles. The van der Waals surface area contributed by atoms with Crippen molar-refractivity contribution >= 4 is 0 Å². The third-order valence-corrected chi connectivity index (χ3v) is 10.0. The largest absolute Gasteiger partial charge is 0.393 e. The highest BCUT2D eigenvalue weighted by molar-refractivity contribution is 5.09. The van der Waals surface area contributed by atoms with E-state index in [9.17, 15) is 5.11 Å². The number of aliphatic hydroxyl groups excluding tert-OH is 1. The van der Waals surface area contributed by atoms with Gasteiger partial charge in [0.25, 0.3) is 0 Å². The number of hydrogen-bond acceptors (Lipinski definition) is 1. The second kappa shape index (κ2) is 6.00. The maximum absolute atomic E-state index is 10.2. The minimum Gasteiger partial charge on any atom is -0.393 e. The Labute approximate surface area is 150 Å². The molecule has 1 N–H and O–H groups in total. The molecule has 0 aromatic rings. The van der Waals surface area contributed by atoms with Gasteiger partial charge in [-0.05, 0) is 104 Å². The summed E-state index contributed by atoms with van der Waals surface area (Å²) in [4.78, 5) is 0. The Morgan fingerprint density at radius 2 is 1.62 bits per heavy atom. The van der Waals surface area contributed by atoms with E-state index in [4.69, 9.17) is 0 Å². The molecule has 4 rings (SSSR count). The third-order valence-electron chi connectivity index (χ3n) is 10.0. The van der Waals surface area contributed by atoms with Crippen molar-refractivity contribution in [3.05, 3.63) is 0 Å². The molecular weight excluding hydrogens is 292 g/mol. The van der Waals surface area contributed by atoms with Crippen molar-refractivity contribution < 1.29 is 5.11 Å². The van der Waals surface area contributed by atoms with Gasteiger partial charge in [-0.25, -0.2) is 0 Å². The average molecular weight is 333 g/mol. The van der Waals surface area contributed by atoms with Crippen molar-refractivity contribution in [1.29, 1.82) is 0 Å². The second-order valence-corrected chi connectivity index (χ2v) is 10.7. The first-order valence-electron chi connectivity index (χ1n) is 11.1. The van der Waals surface area contributed by atoms with Gasteiger partial charge in [-0.15, -0.1) is 0 Å². The van der Waals surface area contributed by atoms with Crippen molar-refractivity contribution in [3.8, 4) is 0 Å². The summed E-state index contributed by atoms with van der Waals surface area (Å²) in [7, 11) is 0. The van der Waals surface area contributed by atoms with Crippen molar-refractivity contribution in [2.75, 3.05) is 0 Å². The molecule has 4 aliphatic carbocycles. The minimum atomic E-state index is -0.00486. The Kier molecular flexibility index (Phi) is 4.34. The highest BCUT2D eigenvalue weighted by atomic mass is 16.3. The number of fused-ring (bicyclic) bond motifs is 5. The van der Waals surface area contributed by atoms with Gasteiger partial charge in [0.05, 0.1) is 6.10 Å². The standard InChI is InChI=1S/C23H40O/c1-5-15(2)19-8-9-20-18-7-6-16-14-17(24)10-12-22(16,3)21(18)11-13-23(19,20)4/h15-21,24H,5-14H2,1-4H3/t15-,16-,17+,18+,19?,20+,21+,22+,23-/m1/s1. The predicted octanol–water partition coefficient (Wildman–Crippen LogP) is 6.05. The quantitative estimate of drug-likeness (QED) is 0.652. The van der Waals surface area contributed by atoms with Crippen LogP contribution in [0.1, 0.15) is 91.9 Å². The molecule has 4 aliphatic rings. The van der Waals surface area contributed by atoms with Crippen LogP contribution < -0.4 is 0 Å². The van der Waals surface area contributed by atoms with E-state index in [1.807, 2.05) is 0 Å². The van der Waals surface area contributed by atoms with E-state index in [2.05, 4.69) is 27.7 Å². The first-order chi connectivity index (χ1) is 11.4. The zero-order chi connectivity index (χ0) is 17.1. The summed E-state index contributed by atoms with van der Waals surface area (Å²) in [5.74, 6) is 5.64. The average Bonchev–Trinajstić information content (AvgIpc) is 2.92. The molecule has 24 heavy (non-hydrogen) atoms. The highest BCUT2D eigenvalue weighted by Gasteiger charge is 2.60. The predicted molar refractivity (Wildman–Crippen MR) is 101 cm³/mol. The molecule has 1 heteroatoms. The maximum atomic E-state index is 10.2. The number of rotatable bonds is 2. The third kappa shape index (κ3) is 2.36. The van der Waals surface area contributed by atoms with Gasteiger partial charge in [0.2, 0.25) is 0 Å². The van der Waals surface area contributed by atoms with Crippen LogP contribution in [0.2, 0.25) is 0 Å². The van der Waals surface area contributed by atoms with Crippen LogP contribution in [0.25, 0.3) is 0 Å². The molecule has 1 unspecified atom stereocenters. The van der Waals surface area contributed by atoms with Crippen LogP contribution in [0.15, 0.2) is 0 Å². The molecule has 0 aromatic carbocycles. The molecule has 0 bridgehead atoms. The Morgan fingerprint density at radius 1 is 0.917 bits per heavy atom. The fourth-order valence-electron chi connectivity index (χ4n) is 8.50. The Hall–Kier alpha value is -0.0400. The van der Waals surface area contributed by atoms with E-state index in [1.165, 1.54) is 51.4 Å². The molecule has 0 heterocycles. The lowest BCUT2D eigenvalue weighted by Gasteiger charge is -2.61. The van der Waals surface area contributed by atoms with Gasteiger partial charge in [0.15, 0.2) is 0 Å². The van der Waals surface area contributed by atoms with Crippen molar-refractivity contribution in [2.24, 2.45) is 46.3 Å². The van der Waals surface area contributed by atoms with E-state index in [1.54, 1.807) is 0 Å². The van der Waals surface area contributed by atoms with E-state index in [0.29, 0.717) is 10.8 Å². The van der Waals surface area contributed by atoms with E-state index < -0.39 is 0 Å². The van der Waals surface area contributed by atoms with Gasteiger partial charge in [-0.1, -0.05) is 34.1 Å². The van der Waals surface area contributed by atoms with Crippen molar-refractivity contribution in [1.82, 2.24) is 0 Å². The van der Waals surface area contributed by atoms with E-state index in [0.717, 1.165) is 48.3 Å². The highest BCUT2D eigenvalue weighted by Crippen LogP contribution is 2.68. The fraction of sp³-hybridized carbons (Fsp3) is 1.00. The van der Waals surface area contributed by atoms with Crippen LogP contribution in [0, 0.1) is 46.3 Å². The molecule has 4 saturated carbocycles.